The van der Waals surface area contributed by atoms with E-state index in [2.05, 4.69) is 12.2 Å². The van der Waals surface area contributed by atoms with Gasteiger partial charge in [-0.3, -0.25) is 4.79 Å². The molecule has 0 bridgehead atoms. The van der Waals surface area contributed by atoms with Crippen molar-refractivity contribution in [2.24, 2.45) is 11.3 Å². The van der Waals surface area contributed by atoms with E-state index in [-0.39, 0.29) is 12.5 Å². The van der Waals surface area contributed by atoms with Crippen LogP contribution in [0.1, 0.15) is 46.5 Å². The fourth-order valence-corrected chi connectivity index (χ4v) is 1.86. The number of aliphatic hydroxyl groups excluding tert-OH is 1. The summed E-state index contributed by atoms with van der Waals surface area (Å²) in [6, 6.07) is 0.319. The Bertz CT molecular complexity index is 218. The molecule has 3 heteroatoms. The Morgan fingerprint density at radius 2 is 1.87 bits per heavy atom. The van der Waals surface area contributed by atoms with Gasteiger partial charge in [0.05, 0.1) is 12.0 Å². The lowest BCUT2D eigenvalue weighted by atomic mass is 9.86. The molecule has 1 saturated carbocycles. The van der Waals surface area contributed by atoms with E-state index in [4.69, 9.17) is 5.11 Å². The first-order valence-corrected chi connectivity index (χ1v) is 5.87. The summed E-state index contributed by atoms with van der Waals surface area (Å²) in [5.41, 5.74) is -0.650. The van der Waals surface area contributed by atoms with Crippen LogP contribution in [-0.4, -0.2) is 23.7 Å². The first-order chi connectivity index (χ1) is 6.95. The van der Waals surface area contributed by atoms with Crippen molar-refractivity contribution < 1.29 is 9.90 Å². The van der Waals surface area contributed by atoms with Crippen LogP contribution in [0.25, 0.3) is 0 Å². The predicted octanol–water partition coefficient (Wildman–Crippen LogP) is 1.70. The van der Waals surface area contributed by atoms with E-state index >= 15 is 0 Å². The van der Waals surface area contributed by atoms with Gasteiger partial charge in [0.25, 0.3) is 0 Å². The van der Waals surface area contributed by atoms with Gasteiger partial charge in [-0.1, -0.05) is 6.92 Å². The molecule has 1 rings (SSSR count). The van der Waals surface area contributed by atoms with Crippen LogP contribution < -0.4 is 5.32 Å². The molecule has 0 aliphatic heterocycles. The second kappa shape index (κ2) is 4.97. The van der Waals surface area contributed by atoms with Gasteiger partial charge in [0, 0.05) is 6.04 Å². The fourth-order valence-electron chi connectivity index (χ4n) is 1.86. The van der Waals surface area contributed by atoms with Gasteiger partial charge in [0.15, 0.2) is 0 Å². The summed E-state index contributed by atoms with van der Waals surface area (Å²) in [5.74, 6) is 0.772. The highest BCUT2D eigenvalue weighted by Gasteiger charge is 2.29. The Morgan fingerprint density at radius 1 is 1.33 bits per heavy atom. The van der Waals surface area contributed by atoms with Crippen molar-refractivity contribution in [1.29, 1.82) is 0 Å². The maximum Gasteiger partial charge on any atom is 0.228 e. The Kier molecular flexibility index (Phi) is 4.14. The molecule has 0 unspecified atom stereocenters. The molecule has 0 heterocycles. The number of nitrogens with one attached hydrogen (secondary N) is 1. The first-order valence-electron chi connectivity index (χ1n) is 5.87. The number of aliphatic hydroxyl groups is 1. The third-order valence-electron chi connectivity index (χ3n) is 3.36. The average molecular weight is 213 g/mol. The highest BCUT2D eigenvalue weighted by molar-refractivity contribution is 5.82. The molecule has 0 radical (unpaired) electrons. The number of hydrogen-bond acceptors (Lipinski definition) is 2. The van der Waals surface area contributed by atoms with Gasteiger partial charge in [-0.25, -0.2) is 0 Å². The molecule has 15 heavy (non-hydrogen) atoms. The topological polar surface area (TPSA) is 49.3 Å². The van der Waals surface area contributed by atoms with Crippen LogP contribution in [0.3, 0.4) is 0 Å². The van der Waals surface area contributed by atoms with E-state index in [0.29, 0.717) is 6.04 Å². The van der Waals surface area contributed by atoms with Crippen molar-refractivity contribution in [3.63, 3.8) is 0 Å². The van der Waals surface area contributed by atoms with E-state index in [1.54, 1.807) is 13.8 Å². The Hall–Kier alpha value is -0.570. The largest absolute Gasteiger partial charge is 0.395 e. The van der Waals surface area contributed by atoms with Gasteiger partial charge in [-0.2, -0.15) is 0 Å². The van der Waals surface area contributed by atoms with E-state index < -0.39 is 5.41 Å². The van der Waals surface area contributed by atoms with E-state index in [0.717, 1.165) is 18.8 Å². The minimum atomic E-state index is -0.650. The van der Waals surface area contributed by atoms with Gasteiger partial charge < -0.3 is 10.4 Å². The van der Waals surface area contributed by atoms with E-state index in [1.807, 2.05) is 0 Å². The maximum absolute atomic E-state index is 11.8. The van der Waals surface area contributed by atoms with Crippen molar-refractivity contribution in [3.8, 4) is 0 Å². The van der Waals surface area contributed by atoms with Crippen molar-refractivity contribution >= 4 is 5.91 Å². The zero-order valence-corrected chi connectivity index (χ0v) is 10.0. The third-order valence-corrected chi connectivity index (χ3v) is 3.36. The lowest BCUT2D eigenvalue weighted by Crippen LogP contribution is -2.45. The van der Waals surface area contributed by atoms with Crippen LogP contribution in [0.5, 0.6) is 0 Å². The SMILES string of the molecule is CC1CCC(NC(=O)C(C)(C)CO)CC1. The molecular formula is C12H23NO2. The zero-order chi connectivity index (χ0) is 11.5. The molecule has 0 spiro atoms. The predicted molar refractivity (Wildman–Crippen MR) is 60.4 cm³/mol. The molecule has 1 aliphatic rings. The molecule has 1 amide bonds. The van der Waals surface area contributed by atoms with Crippen LogP contribution in [0.2, 0.25) is 0 Å². The molecule has 2 N–H and O–H groups in total. The molecule has 0 aromatic carbocycles. The highest BCUT2D eigenvalue weighted by atomic mass is 16.3. The fraction of sp³-hybridized carbons (Fsp3) is 0.917. The van der Waals surface area contributed by atoms with Gasteiger partial charge in [0.2, 0.25) is 5.91 Å². The van der Waals surface area contributed by atoms with Crippen molar-refractivity contribution in [1.82, 2.24) is 5.32 Å². The summed E-state index contributed by atoms with van der Waals surface area (Å²) in [7, 11) is 0. The van der Waals surface area contributed by atoms with Crippen molar-refractivity contribution in [2.75, 3.05) is 6.61 Å². The summed E-state index contributed by atoms with van der Waals surface area (Å²) >= 11 is 0. The van der Waals surface area contributed by atoms with Crippen LogP contribution in [0, 0.1) is 11.3 Å². The molecule has 88 valence electrons. The zero-order valence-electron chi connectivity index (χ0n) is 10.0. The smallest absolute Gasteiger partial charge is 0.228 e. The number of carbonyl (C=O) groups is 1. The van der Waals surface area contributed by atoms with E-state index in [9.17, 15) is 4.79 Å². The third kappa shape index (κ3) is 3.49. The molecule has 1 fully saturated rings. The molecule has 0 aromatic heterocycles. The summed E-state index contributed by atoms with van der Waals surface area (Å²) in [6.45, 7) is 5.71. The van der Waals surface area contributed by atoms with Crippen LogP contribution in [-0.2, 0) is 4.79 Å². The summed E-state index contributed by atoms with van der Waals surface area (Å²) in [5, 5.41) is 12.1. The van der Waals surface area contributed by atoms with Crippen LogP contribution >= 0.6 is 0 Å². The normalized spacial score (nSPS) is 27.5. The van der Waals surface area contributed by atoms with E-state index in [1.165, 1.54) is 12.8 Å². The van der Waals surface area contributed by atoms with Crippen LogP contribution in [0.15, 0.2) is 0 Å². The molecule has 3 nitrogen and oxygen atoms in total. The Morgan fingerprint density at radius 3 is 2.33 bits per heavy atom. The number of carbonyl (C=O) groups excluding carboxylic acids is 1. The quantitative estimate of drug-likeness (QED) is 0.749. The molecule has 0 saturated heterocycles. The molecule has 0 aromatic rings. The van der Waals surface area contributed by atoms with Gasteiger partial charge in [-0.15, -0.1) is 0 Å². The number of amides is 1. The summed E-state index contributed by atoms with van der Waals surface area (Å²) in [6.07, 6.45) is 4.55. The van der Waals surface area contributed by atoms with Gasteiger partial charge in [-0.05, 0) is 45.4 Å². The maximum atomic E-state index is 11.8. The second-order valence-electron chi connectivity index (χ2n) is 5.47. The molecular weight excluding hydrogens is 190 g/mol. The highest BCUT2D eigenvalue weighted by Crippen LogP contribution is 2.24. The molecule has 0 atom stereocenters. The second-order valence-corrected chi connectivity index (χ2v) is 5.47. The lowest BCUT2D eigenvalue weighted by molar-refractivity contribution is -0.132. The molecule has 1 aliphatic carbocycles. The number of hydrogen-bond donors (Lipinski definition) is 2. The Labute approximate surface area is 92.3 Å². The summed E-state index contributed by atoms with van der Waals surface area (Å²) in [4.78, 5) is 11.8. The van der Waals surface area contributed by atoms with Crippen LogP contribution in [0.4, 0.5) is 0 Å². The minimum absolute atomic E-state index is 0.0236. The van der Waals surface area contributed by atoms with Crippen molar-refractivity contribution in [3.05, 3.63) is 0 Å². The average Bonchev–Trinajstić information content (AvgIpc) is 2.21. The van der Waals surface area contributed by atoms with Crippen molar-refractivity contribution in [2.45, 2.75) is 52.5 Å². The Balaban J connectivity index is 2.39. The standard InChI is InChI=1S/C12H23NO2/c1-9-4-6-10(7-5-9)13-11(15)12(2,3)8-14/h9-10,14H,4-8H2,1-3H3,(H,13,15). The van der Waals surface area contributed by atoms with Gasteiger partial charge in [0.1, 0.15) is 0 Å². The number of rotatable bonds is 3. The van der Waals surface area contributed by atoms with Gasteiger partial charge >= 0.3 is 0 Å². The monoisotopic (exact) mass is 213 g/mol. The lowest BCUT2D eigenvalue weighted by Gasteiger charge is -2.30. The minimum Gasteiger partial charge on any atom is -0.395 e. The summed E-state index contributed by atoms with van der Waals surface area (Å²) < 4.78 is 0. The first kappa shape index (κ1) is 12.5.